The molecule has 76 valence electrons. The average molecular weight is 195 g/mol. The number of phenolic OH excluding ortho intramolecular Hbond substituents is 2. The monoisotopic (exact) mass is 195 g/mol. The second-order valence-electron chi connectivity index (χ2n) is 3.36. The van der Waals surface area contributed by atoms with Crippen molar-refractivity contribution in [2.24, 2.45) is 0 Å². The molecule has 0 bridgehead atoms. The van der Waals surface area contributed by atoms with Gasteiger partial charge in [-0.1, -0.05) is 6.07 Å². The van der Waals surface area contributed by atoms with Gasteiger partial charge < -0.3 is 15.1 Å². The summed E-state index contributed by atoms with van der Waals surface area (Å²) in [5.74, 6) is -0.339. The molecule has 0 heterocycles. The number of aldehydes is 1. The largest absolute Gasteiger partial charge is 0.507 e. The van der Waals surface area contributed by atoms with Crippen molar-refractivity contribution in [3.63, 3.8) is 0 Å². The second-order valence-corrected chi connectivity index (χ2v) is 3.36. The number of hydrogen-bond acceptors (Lipinski definition) is 4. The molecule has 0 radical (unpaired) electrons. The lowest BCUT2D eigenvalue weighted by molar-refractivity contribution is 0.111. The lowest BCUT2D eigenvalue weighted by atomic mass is 10.1. The Morgan fingerprint density at radius 2 is 2.00 bits per heavy atom. The minimum atomic E-state index is -0.194. The fourth-order valence-electron chi connectivity index (χ4n) is 1.23. The number of benzene rings is 1. The summed E-state index contributed by atoms with van der Waals surface area (Å²) < 4.78 is 0. The van der Waals surface area contributed by atoms with Gasteiger partial charge in [0.25, 0.3) is 0 Å². The summed E-state index contributed by atoms with van der Waals surface area (Å²) in [4.78, 5) is 12.4. The topological polar surface area (TPSA) is 60.8 Å². The molecule has 2 N–H and O–H groups in total. The maximum atomic E-state index is 10.6. The SMILES string of the molecule is CN(C)Cc1ccc(O)c(C=O)c1O. The average Bonchev–Trinajstić information content (AvgIpc) is 2.10. The van der Waals surface area contributed by atoms with Gasteiger partial charge in [0.15, 0.2) is 6.29 Å². The van der Waals surface area contributed by atoms with E-state index in [1.165, 1.54) is 6.07 Å². The number of rotatable bonds is 3. The van der Waals surface area contributed by atoms with Crippen LogP contribution in [0.5, 0.6) is 11.5 Å². The molecule has 1 aromatic rings. The van der Waals surface area contributed by atoms with Crippen molar-refractivity contribution in [2.75, 3.05) is 14.1 Å². The fraction of sp³-hybridized carbons (Fsp3) is 0.300. The van der Waals surface area contributed by atoms with Gasteiger partial charge >= 0.3 is 0 Å². The molecule has 0 unspecified atom stereocenters. The third kappa shape index (κ3) is 2.03. The van der Waals surface area contributed by atoms with Crippen molar-refractivity contribution in [2.45, 2.75) is 6.54 Å². The third-order valence-corrected chi connectivity index (χ3v) is 1.88. The maximum absolute atomic E-state index is 10.6. The highest BCUT2D eigenvalue weighted by Crippen LogP contribution is 2.29. The Morgan fingerprint density at radius 3 is 2.50 bits per heavy atom. The number of aromatic hydroxyl groups is 2. The van der Waals surface area contributed by atoms with E-state index in [4.69, 9.17) is 0 Å². The molecule has 0 saturated heterocycles. The minimum Gasteiger partial charge on any atom is -0.507 e. The van der Waals surface area contributed by atoms with Crippen LogP contribution >= 0.6 is 0 Å². The zero-order chi connectivity index (χ0) is 10.7. The predicted octanol–water partition coefficient (Wildman–Crippen LogP) is 0.972. The van der Waals surface area contributed by atoms with Crippen molar-refractivity contribution in [3.8, 4) is 11.5 Å². The quantitative estimate of drug-likeness (QED) is 0.705. The molecule has 4 heteroatoms. The van der Waals surface area contributed by atoms with E-state index in [9.17, 15) is 15.0 Å². The van der Waals surface area contributed by atoms with E-state index in [-0.39, 0.29) is 17.1 Å². The number of phenols is 2. The zero-order valence-corrected chi connectivity index (χ0v) is 8.19. The second kappa shape index (κ2) is 4.11. The lowest BCUT2D eigenvalue weighted by Gasteiger charge is -2.12. The van der Waals surface area contributed by atoms with E-state index < -0.39 is 0 Å². The molecule has 0 amide bonds. The van der Waals surface area contributed by atoms with Crippen molar-refractivity contribution in [3.05, 3.63) is 23.3 Å². The fourth-order valence-corrected chi connectivity index (χ4v) is 1.23. The molecule has 1 rings (SSSR count). The van der Waals surface area contributed by atoms with Crippen LogP contribution in [0, 0.1) is 0 Å². The molecule has 0 saturated carbocycles. The summed E-state index contributed by atoms with van der Waals surface area (Å²) in [7, 11) is 3.71. The van der Waals surface area contributed by atoms with E-state index >= 15 is 0 Å². The number of nitrogens with zero attached hydrogens (tertiary/aromatic N) is 1. The highest BCUT2D eigenvalue weighted by Gasteiger charge is 2.11. The first-order valence-electron chi connectivity index (χ1n) is 4.20. The van der Waals surface area contributed by atoms with Crippen LogP contribution in [0.15, 0.2) is 12.1 Å². The molecular weight excluding hydrogens is 182 g/mol. The first-order chi connectivity index (χ1) is 6.56. The molecule has 0 atom stereocenters. The number of carbonyl (C=O) groups excluding carboxylic acids is 1. The van der Waals surface area contributed by atoms with Crippen molar-refractivity contribution >= 4 is 6.29 Å². The van der Waals surface area contributed by atoms with Crippen LogP contribution in [0.1, 0.15) is 15.9 Å². The molecule has 14 heavy (non-hydrogen) atoms. The molecular formula is C10H13NO3. The molecule has 0 aliphatic carbocycles. The summed E-state index contributed by atoms with van der Waals surface area (Å²) >= 11 is 0. The molecule has 0 aliphatic heterocycles. The van der Waals surface area contributed by atoms with Gasteiger partial charge in [0.05, 0.1) is 5.56 Å². The summed E-state index contributed by atoms with van der Waals surface area (Å²) in [5.41, 5.74) is 0.569. The minimum absolute atomic E-state index is 0.0515. The van der Waals surface area contributed by atoms with Gasteiger partial charge in [-0.05, 0) is 20.2 Å². The molecule has 0 fully saturated rings. The van der Waals surface area contributed by atoms with Gasteiger partial charge in [-0.2, -0.15) is 0 Å². The highest BCUT2D eigenvalue weighted by molar-refractivity contribution is 5.84. The summed E-state index contributed by atoms with van der Waals surface area (Å²) in [5, 5.41) is 18.8. The van der Waals surface area contributed by atoms with Gasteiger partial charge in [-0.15, -0.1) is 0 Å². The maximum Gasteiger partial charge on any atom is 0.157 e. The van der Waals surface area contributed by atoms with Gasteiger partial charge in [0, 0.05) is 12.1 Å². The smallest absolute Gasteiger partial charge is 0.157 e. The van der Waals surface area contributed by atoms with Crippen molar-refractivity contribution < 1.29 is 15.0 Å². The van der Waals surface area contributed by atoms with Crippen molar-refractivity contribution in [1.29, 1.82) is 0 Å². The zero-order valence-electron chi connectivity index (χ0n) is 8.19. The van der Waals surface area contributed by atoms with E-state index in [2.05, 4.69) is 0 Å². The van der Waals surface area contributed by atoms with Crippen LogP contribution in [-0.2, 0) is 6.54 Å². The van der Waals surface area contributed by atoms with Crippen LogP contribution in [-0.4, -0.2) is 35.5 Å². The number of hydrogen-bond donors (Lipinski definition) is 2. The Bertz CT molecular complexity index is 347. The van der Waals surface area contributed by atoms with E-state index in [0.29, 0.717) is 18.4 Å². The van der Waals surface area contributed by atoms with E-state index in [1.54, 1.807) is 6.07 Å². The first kappa shape index (κ1) is 10.5. The van der Waals surface area contributed by atoms with Crippen molar-refractivity contribution in [1.82, 2.24) is 4.90 Å². The van der Waals surface area contributed by atoms with Crippen LogP contribution in [0.4, 0.5) is 0 Å². The van der Waals surface area contributed by atoms with Gasteiger partial charge in [-0.3, -0.25) is 4.79 Å². The Labute approximate surface area is 82.4 Å². The van der Waals surface area contributed by atoms with Gasteiger partial charge in [0.1, 0.15) is 11.5 Å². The normalized spacial score (nSPS) is 10.5. The van der Waals surface area contributed by atoms with Crippen LogP contribution in [0.2, 0.25) is 0 Å². The molecule has 0 spiro atoms. The first-order valence-corrected chi connectivity index (χ1v) is 4.20. The number of carbonyl (C=O) groups is 1. The van der Waals surface area contributed by atoms with Crippen LogP contribution < -0.4 is 0 Å². The summed E-state index contributed by atoms with van der Waals surface area (Å²) in [6.07, 6.45) is 0.448. The van der Waals surface area contributed by atoms with Gasteiger partial charge in [0.2, 0.25) is 0 Å². The lowest BCUT2D eigenvalue weighted by Crippen LogP contribution is -2.11. The van der Waals surface area contributed by atoms with E-state index in [0.717, 1.165) is 0 Å². The summed E-state index contributed by atoms with van der Waals surface area (Å²) in [6, 6.07) is 3.00. The Kier molecular flexibility index (Phi) is 3.09. The molecule has 0 aliphatic rings. The molecule has 0 aromatic heterocycles. The molecule has 1 aromatic carbocycles. The standard InChI is InChI=1S/C10H13NO3/c1-11(2)5-7-3-4-9(13)8(6-12)10(7)14/h3-4,6,13-14H,5H2,1-2H3. The summed E-state index contributed by atoms with van der Waals surface area (Å²) in [6.45, 7) is 0.521. The third-order valence-electron chi connectivity index (χ3n) is 1.88. The Balaban J connectivity index is 3.14. The van der Waals surface area contributed by atoms with Gasteiger partial charge in [-0.25, -0.2) is 0 Å². The predicted molar refractivity (Wildman–Crippen MR) is 52.6 cm³/mol. The highest BCUT2D eigenvalue weighted by atomic mass is 16.3. The molecule has 4 nitrogen and oxygen atoms in total. The van der Waals surface area contributed by atoms with E-state index in [1.807, 2.05) is 19.0 Å². The Hall–Kier alpha value is -1.55. The van der Waals surface area contributed by atoms with Crippen LogP contribution in [0.25, 0.3) is 0 Å². The van der Waals surface area contributed by atoms with Crippen LogP contribution in [0.3, 0.4) is 0 Å². The Morgan fingerprint density at radius 1 is 1.36 bits per heavy atom.